The number of hydrogen-bond donors (Lipinski definition) is 0. The van der Waals surface area contributed by atoms with Crippen LogP contribution in [0.4, 0.5) is 0 Å². The Morgan fingerprint density at radius 3 is 2.56 bits per heavy atom. The third-order valence-electron chi connectivity index (χ3n) is 4.01. The Hall–Kier alpha value is -2.71. The van der Waals surface area contributed by atoms with Gasteiger partial charge in [-0.05, 0) is 36.4 Å². The van der Waals surface area contributed by atoms with Gasteiger partial charge in [0.2, 0.25) is 0 Å². The van der Waals surface area contributed by atoms with E-state index in [1.807, 2.05) is 48.0 Å². The number of methoxy groups -OCH3 is 1. The molecule has 0 radical (unpaired) electrons. The van der Waals surface area contributed by atoms with Crippen molar-refractivity contribution in [1.29, 1.82) is 0 Å². The second-order valence-electron chi connectivity index (χ2n) is 5.76. The molecule has 0 atom stereocenters. The molecular formula is C19H17N5OS2. The van der Waals surface area contributed by atoms with Gasteiger partial charge in [-0.15, -0.1) is 21.5 Å². The average Bonchev–Trinajstić information content (AvgIpc) is 3.34. The van der Waals surface area contributed by atoms with Crippen molar-refractivity contribution in [1.82, 2.24) is 24.7 Å². The van der Waals surface area contributed by atoms with E-state index in [0.29, 0.717) is 0 Å². The summed E-state index contributed by atoms with van der Waals surface area (Å²) >= 11 is 3.27. The summed E-state index contributed by atoms with van der Waals surface area (Å²) in [7, 11) is 3.64. The fourth-order valence-corrected chi connectivity index (χ4v) is 4.31. The lowest BCUT2D eigenvalue weighted by atomic mass is 10.2. The van der Waals surface area contributed by atoms with Crippen molar-refractivity contribution >= 4 is 23.1 Å². The van der Waals surface area contributed by atoms with Crippen molar-refractivity contribution in [3.05, 3.63) is 59.9 Å². The maximum atomic E-state index is 5.20. The van der Waals surface area contributed by atoms with Crippen LogP contribution >= 0.6 is 23.1 Å². The predicted octanol–water partition coefficient (Wildman–Crippen LogP) is 4.30. The minimum atomic E-state index is 0.745. The summed E-state index contributed by atoms with van der Waals surface area (Å²) in [6.07, 6.45) is 3.51. The number of thioether (sulfide) groups is 1. The van der Waals surface area contributed by atoms with E-state index in [1.165, 1.54) is 0 Å². The van der Waals surface area contributed by atoms with Crippen molar-refractivity contribution in [2.24, 2.45) is 7.05 Å². The van der Waals surface area contributed by atoms with Gasteiger partial charge in [0.05, 0.1) is 12.8 Å². The summed E-state index contributed by atoms with van der Waals surface area (Å²) in [4.78, 5) is 8.78. The number of hydrogen-bond acceptors (Lipinski definition) is 7. The zero-order valence-corrected chi connectivity index (χ0v) is 16.5. The third-order valence-corrected chi connectivity index (χ3v) is 6.01. The first-order valence-electron chi connectivity index (χ1n) is 8.26. The Morgan fingerprint density at radius 2 is 1.81 bits per heavy atom. The molecule has 0 aliphatic carbocycles. The fraction of sp³-hybridized carbons (Fsp3) is 0.158. The molecule has 4 rings (SSSR count). The molecule has 6 nitrogen and oxygen atoms in total. The van der Waals surface area contributed by atoms with Gasteiger partial charge in [0.1, 0.15) is 10.8 Å². The van der Waals surface area contributed by atoms with E-state index < -0.39 is 0 Å². The van der Waals surface area contributed by atoms with Gasteiger partial charge in [0.15, 0.2) is 11.0 Å². The van der Waals surface area contributed by atoms with Crippen LogP contribution < -0.4 is 4.74 Å². The highest BCUT2D eigenvalue weighted by Gasteiger charge is 2.12. The van der Waals surface area contributed by atoms with E-state index in [2.05, 4.69) is 20.6 Å². The second-order valence-corrected chi connectivity index (χ2v) is 7.56. The molecule has 3 aromatic heterocycles. The Bertz CT molecular complexity index is 1030. The zero-order valence-electron chi connectivity index (χ0n) is 14.9. The van der Waals surface area contributed by atoms with Crippen molar-refractivity contribution in [3.8, 4) is 27.7 Å². The van der Waals surface area contributed by atoms with Gasteiger partial charge in [-0.2, -0.15) is 0 Å². The zero-order chi connectivity index (χ0) is 18.6. The minimum absolute atomic E-state index is 0.745. The number of rotatable bonds is 6. The third kappa shape index (κ3) is 3.86. The average molecular weight is 396 g/mol. The van der Waals surface area contributed by atoms with Gasteiger partial charge < -0.3 is 9.30 Å². The molecule has 8 heteroatoms. The van der Waals surface area contributed by atoms with Crippen LogP contribution in [0, 0.1) is 0 Å². The quantitative estimate of drug-likeness (QED) is 0.454. The van der Waals surface area contributed by atoms with Crippen LogP contribution in [0.2, 0.25) is 0 Å². The molecule has 0 aliphatic rings. The summed E-state index contributed by atoms with van der Waals surface area (Å²) < 4.78 is 7.20. The van der Waals surface area contributed by atoms with E-state index in [-0.39, 0.29) is 0 Å². The Balaban J connectivity index is 1.45. The highest BCUT2D eigenvalue weighted by molar-refractivity contribution is 7.98. The summed E-state index contributed by atoms with van der Waals surface area (Å²) in [6.45, 7) is 0. The van der Waals surface area contributed by atoms with Gasteiger partial charge in [-0.1, -0.05) is 11.8 Å². The smallest absolute Gasteiger partial charge is 0.191 e. The molecule has 4 aromatic rings. The fourth-order valence-electron chi connectivity index (χ4n) is 2.57. The first kappa shape index (κ1) is 17.7. The molecule has 27 heavy (non-hydrogen) atoms. The lowest BCUT2D eigenvalue weighted by Gasteiger charge is -2.03. The van der Waals surface area contributed by atoms with Crippen LogP contribution in [0.25, 0.3) is 22.0 Å². The summed E-state index contributed by atoms with van der Waals surface area (Å²) in [6, 6.07) is 11.8. The van der Waals surface area contributed by atoms with Crippen molar-refractivity contribution in [3.63, 3.8) is 0 Å². The normalized spacial score (nSPS) is 10.9. The van der Waals surface area contributed by atoms with Gasteiger partial charge in [0, 0.05) is 41.7 Å². The number of benzene rings is 1. The summed E-state index contributed by atoms with van der Waals surface area (Å²) in [5.41, 5.74) is 3.13. The molecule has 0 saturated heterocycles. The van der Waals surface area contributed by atoms with Crippen LogP contribution in [0.3, 0.4) is 0 Å². The number of ether oxygens (including phenoxy) is 1. The lowest BCUT2D eigenvalue weighted by Crippen LogP contribution is -1.95. The van der Waals surface area contributed by atoms with Crippen LogP contribution in [0.1, 0.15) is 5.69 Å². The maximum Gasteiger partial charge on any atom is 0.191 e. The molecule has 0 saturated carbocycles. The standard InChI is InChI=1S/C19H17N5OS2/c1-24-17(13-7-9-20-10-8-13)22-23-19(24)27-12-15-11-26-18(21-15)14-3-5-16(25-2)6-4-14/h3-11H,12H2,1-2H3. The first-order valence-corrected chi connectivity index (χ1v) is 10.1. The molecule has 0 fully saturated rings. The van der Waals surface area contributed by atoms with Crippen molar-refractivity contribution < 1.29 is 4.74 Å². The molecule has 1 aromatic carbocycles. The molecule has 0 N–H and O–H groups in total. The van der Waals surface area contributed by atoms with Crippen molar-refractivity contribution in [2.75, 3.05) is 7.11 Å². The molecule has 0 amide bonds. The Morgan fingerprint density at radius 1 is 1.04 bits per heavy atom. The largest absolute Gasteiger partial charge is 0.497 e. The number of nitrogens with zero attached hydrogens (tertiary/aromatic N) is 5. The molecule has 0 bridgehead atoms. The van der Waals surface area contributed by atoms with Crippen molar-refractivity contribution in [2.45, 2.75) is 10.9 Å². The van der Waals surface area contributed by atoms with E-state index in [1.54, 1.807) is 42.6 Å². The Kier molecular flexibility index (Phi) is 5.17. The molecule has 3 heterocycles. The molecule has 0 unspecified atom stereocenters. The monoisotopic (exact) mass is 395 g/mol. The van der Waals surface area contributed by atoms with E-state index >= 15 is 0 Å². The summed E-state index contributed by atoms with van der Waals surface area (Å²) in [5.74, 6) is 2.42. The van der Waals surface area contributed by atoms with Gasteiger partial charge in [0.25, 0.3) is 0 Å². The molecular weight excluding hydrogens is 378 g/mol. The summed E-state index contributed by atoms with van der Waals surface area (Å²) in [5, 5.41) is 12.6. The maximum absolute atomic E-state index is 5.20. The van der Waals surface area contributed by atoms with Crippen LogP contribution in [-0.2, 0) is 12.8 Å². The second kappa shape index (κ2) is 7.89. The number of pyridine rings is 1. The topological polar surface area (TPSA) is 65.7 Å². The lowest BCUT2D eigenvalue weighted by molar-refractivity contribution is 0.415. The highest BCUT2D eigenvalue weighted by atomic mass is 32.2. The molecule has 136 valence electrons. The van der Waals surface area contributed by atoms with E-state index in [4.69, 9.17) is 9.72 Å². The number of thiazole rings is 1. The first-order chi connectivity index (χ1) is 13.2. The van der Waals surface area contributed by atoms with Gasteiger partial charge in [-0.3, -0.25) is 4.98 Å². The van der Waals surface area contributed by atoms with Crippen LogP contribution in [-0.4, -0.2) is 31.8 Å². The van der Waals surface area contributed by atoms with E-state index in [9.17, 15) is 0 Å². The van der Waals surface area contributed by atoms with Gasteiger partial charge >= 0.3 is 0 Å². The van der Waals surface area contributed by atoms with Gasteiger partial charge in [-0.25, -0.2) is 4.98 Å². The predicted molar refractivity (Wildman–Crippen MR) is 108 cm³/mol. The van der Waals surface area contributed by atoms with Crippen LogP contribution in [0.15, 0.2) is 59.3 Å². The van der Waals surface area contributed by atoms with E-state index in [0.717, 1.165) is 44.3 Å². The Labute approximate surface area is 165 Å². The molecule has 0 aliphatic heterocycles. The molecule has 0 spiro atoms. The SMILES string of the molecule is COc1ccc(-c2nc(CSc3nnc(-c4ccncc4)n3C)cs2)cc1. The minimum Gasteiger partial charge on any atom is -0.497 e. The highest BCUT2D eigenvalue weighted by Crippen LogP contribution is 2.29. The number of aromatic nitrogens is 5. The van der Waals surface area contributed by atoms with Crippen LogP contribution in [0.5, 0.6) is 5.75 Å².